The number of unbranched alkanes of at least 4 members (excludes halogenated alkanes) is 3. The van der Waals surface area contributed by atoms with Crippen LogP contribution in [0, 0.1) is 0 Å². The summed E-state index contributed by atoms with van der Waals surface area (Å²) < 4.78 is 12.3. The van der Waals surface area contributed by atoms with Gasteiger partial charge >= 0.3 is 0 Å². The maximum atomic E-state index is 12.3. The Balaban J connectivity index is 3.82. The second-order valence-corrected chi connectivity index (χ2v) is 8.33. The van der Waals surface area contributed by atoms with E-state index in [1.54, 1.807) is 0 Å². The molecular formula is C12H27OP. The molecule has 2 heteroatoms. The van der Waals surface area contributed by atoms with E-state index in [-0.39, 0.29) is 0 Å². The van der Waals surface area contributed by atoms with Gasteiger partial charge in [-0.15, -0.1) is 0 Å². The van der Waals surface area contributed by atoms with E-state index in [0.29, 0.717) is 5.66 Å². The van der Waals surface area contributed by atoms with Crippen molar-refractivity contribution >= 4 is 7.14 Å². The largest absolute Gasteiger partial charge is 0.323 e. The minimum absolute atomic E-state index is 0.453. The molecule has 86 valence electrons. The Hall–Kier alpha value is 0.230. The predicted molar refractivity (Wildman–Crippen MR) is 66.9 cm³/mol. The minimum Gasteiger partial charge on any atom is -0.323 e. The van der Waals surface area contributed by atoms with Gasteiger partial charge in [0.25, 0.3) is 0 Å². The van der Waals surface area contributed by atoms with Crippen molar-refractivity contribution in [2.24, 2.45) is 0 Å². The molecule has 0 aromatic rings. The van der Waals surface area contributed by atoms with E-state index >= 15 is 0 Å². The van der Waals surface area contributed by atoms with Crippen LogP contribution in [0.1, 0.15) is 59.8 Å². The molecular weight excluding hydrogens is 191 g/mol. The number of hydrogen-bond donors (Lipinski definition) is 0. The minimum atomic E-state index is -1.82. The molecule has 0 rings (SSSR count). The monoisotopic (exact) mass is 218 g/mol. The molecule has 0 aromatic heterocycles. The molecule has 14 heavy (non-hydrogen) atoms. The Kier molecular flexibility index (Phi) is 7.64. The van der Waals surface area contributed by atoms with Gasteiger partial charge in [-0.3, -0.25) is 0 Å². The first kappa shape index (κ1) is 14.2. The van der Waals surface area contributed by atoms with Crippen LogP contribution in [0.5, 0.6) is 0 Å². The molecule has 0 bridgehead atoms. The average molecular weight is 218 g/mol. The number of hydrogen-bond acceptors (Lipinski definition) is 1. The zero-order valence-electron chi connectivity index (χ0n) is 10.4. The van der Waals surface area contributed by atoms with Crippen molar-refractivity contribution in [2.45, 2.75) is 65.5 Å². The molecule has 0 fully saturated rings. The van der Waals surface area contributed by atoms with Crippen LogP contribution in [0.15, 0.2) is 0 Å². The molecule has 0 saturated heterocycles. The summed E-state index contributed by atoms with van der Waals surface area (Å²) >= 11 is 0. The van der Waals surface area contributed by atoms with Crippen molar-refractivity contribution in [3.05, 3.63) is 0 Å². The zero-order valence-corrected chi connectivity index (χ0v) is 11.3. The summed E-state index contributed by atoms with van der Waals surface area (Å²) in [6, 6.07) is 0. The SMILES string of the molecule is CCCCCC[C@H](C)P(=O)(CC)CC. The predicted octanol–water partition coefficient (Wildman–Crippen LogP) is 4.75. The maximum absolute atomic E-state index is 12.3. The molecule has 0 aliphatic carbocycles. The molecule has 1 nitrogen and oxygen atoms in total. The van der Waals surface area contributed by atoms with E-state index in [2.05, 4.69) is 27.7 Å². The van der Waals surface area contributed by atoms with Crippen molar-refractivity contribution in [1.82, 2.24) is 0 Å². The summed E-state index contributed by atoms with van der Waals surface area (Å²) in [5, 5.41) is 0. The van der Waals surface area contributed by atoms with E-state index < -0.39 is 7.14 Å². The molecule has 0 aliphatic heterocycles. The average Bonchev–Trinajstić information content (AvgIpc) is 2.22. The third-order valence-corrected chi connectivity index (χ3v) is 7.36. The van der Waals surface area contributed by atoms with Gasteiger partial charge in [-0.05, 0) is 18.7 Å². The molecule has 0 aromatic carbocycles. The Morgan fingerprint density at radius 2 is 1.57 bits per heavy atom. The fraction of sp³-hybridized carbons (Fsp3) is 1.00. The summed E-state index contributed by atoms with van der Waals surface area (Å²) in [5.74, 6) is 0. The van der Waals surface area contributed by atoms with Gasteiger partial charge in [0.15, 0.2) is 0 Å². The van der Waals surface area contributed by atoms with Crippen LogP contribution in [0.3, 0.4) is 0 Å². The van der Waals surface area contributed by atoms with Crippen LogP contribution >= 0.6 is 7.14 Å². The highest BCUT2D eigenvalue weighted by atomic mass is 31.2. The maximum Gasteiger partial charge on any atom is 0.0898 e. The molecule has 0 spiro atoms. The van der Waals surface area contributed by atoms with Crippen molar-refractivity contribution in [1.29, 1.82) is 0 Å². The van der Waals surface area contributed by atoms with Gasteiger partial charge < -0.3 is 4.57 Å². The molecule has 0 radical (unpaired) electrons. The van der Waals surface area contributed by atoms with E-state index in [4.69, 9.17) is 0 Å². The first-order valence-corrected chi connectivity index (χ1v) is 8.33. The molecule has 0 heterocycles. The summed E-state index contributed by atoms with van der Waals surface area (Å²) in [4.78, 5) is 0. The van der Waals surface area contributed by atoms with Gasteiger partial charge in [-0.25, -0.2) is 0 Å². The van der Waals surface area contributed by atoms with Crippen molar-refractivity contribution in [3.8, 4) is 0 Å². The van der Waals surface area contributed by atoms with Crippen molar-refractivity contribution in [2.75, 3.05) is 12.3 Å². The third-order valence-electron chi connectivity index (χ3n) is 3.35. The van der Waals surface area contributed by atoms with E-state index in [9.17, 15) is 4.57 Å². The lowest BCUT2D eigenvalue weighted by Crippen LogP contribution is -2.07. The summed E-state index contributed by atoms with van der Waals surface area (Å²) in [6.07, 6.45) is 8.13. The van der Waals surface area contributed by atoms with Crippen LogP contribution in [0.2, 0.25) is 0 Å². The topological polar surface area (TPSA) is 17.1 Å². The zero-order chi connectivity index (χ0) is 11.0. The standard InChI is InChI=1S/C12H27OP/c1-5-8-9-10-11-12(4)14(13,6-2)7-3/h12H,5-11H2,1-4H3/t12-/m0/s1. The smallest absolute Gasteiger partial charge is 0.0898 e. The van der Waals surface area contributed by atoms with E-state index in [0.717, 1.165) is 12.3 Å². The van der Waals surface area contributed by atoms with E-state index in [1.807, 2.05) is 0 Å². The van der Waals surface area contributed by atoms with Crippen molar-refractivity contribution in [3.63, 3.8) is 0 Å². The van der Waals surface area contributed by atoms with Gasteiger partial charge in [0, 0.05) is 5.66 Å². The van der Waals surface area contributed by atoms with Gasteiger partial charge in [-0.1, -0.05) is 53.4 Å². The Bertz CT molecular complexity index is 169. The normalized spacial score (nSPS) is 14.3. The number of rotatable bonds is 8. The van der Waals surface area contributed by atoms with Gasteiger partial charge in [0.2, 0.25) is 0 Å². The summed E-state index contributed by atoms with van der Waals surface area (Å²) in [7, 11) is -1.82. The van der Waals surface area contributed by atoms with Crippen LogP contribution in [-0.4, -0.2) is 18.0 Å². The van der Waals surface area contributed by atoms with Crippen LogP contribution in [0.25, 0.3) is 0 Å². The van der Waals surface area contributed by atoms with Gasteiger partial charge in [-0.2, -0.15) is 0 Å². The fourth-order valence-corrected chi connectivity index (χ4v) is 4.30. The quantitative estimate of drug-likeness (QED) is 0.424. The van der Waals surface area contributed by atoms with Gasteiger partial charge in [0.05, 0.1) is 7.14 Å². The molecule has 1 atom stereocenters. The molecule has 0 aliphatic rings. The van der Waals surface area contributed by atoms with Crippen LogP contribution < -0.4 is 0 Å². The second-order valence-electron chi connectivity index (χ2n) is 4.28. The molecule has 0 N–H and O–H groups in total. The Labute approximate surface area is 90.0 Å². The summed E-state index contributed by atoms with van der Waals surface area (Å²) in [6.45, 7) is 8.56. The lowest BCUT2D eigenvalue weighted by atomic mass is 10.1. The van der Waals surface area contributed by atoms with Crippen molar-refractivity contribution < 1.29 is 4.57 Å². The lowest BCUT2D eigenvalue weighted by Gasteiger charge is -2.22. The highest BCUT2D eigenvalue weighted by Crippen LogP contribution is 2.51. The molecule has 0 amide bonds. The second kappa shape index (κ2) is 7.51. The first-order chi connectivity index (χ1) is 6.60. The highest BCUT2D eigenvalue weighted by Gasteiger charge is 2.24. The summed E-state index contributed by atoms with van der Waals surface area (Å²) in [5.41, 5.74) is 0.453. The third kappa shape index (κ3) is 4.64. The van der Waals surface area contributed by atoms with Crippen LogP contribution in [0.4, 0.5) is 0 Å². The fourth-order valence-electron chi connectivity index (χ4n) is 1.95. The molecule has 0 saturated carbocycles. The van der Waals surface area contributed by atoms with Gasteiger partial charge in [0.1, 0.15) is 0 Å². The Morgan fingerprint density at radius 1 is 1.00 bits per heavy atom. The highest BCUT2D eigenvalue weighted by molar-refractivity contribution is 7.64. The molecule has 0 unspecified atom stereocenters. The van der Waals surface area contributed by atoms with Crippen LogP contribution in [-0.2, 0) is 4.57 Å². The Morgan fingerprint density at radius 3 is 2.00 bits per heavy atom. The van der Waals surface area contributed by atoms with E-state index in [1.165, 1.54) is 32.1 Å². The first-order valence-electron chi connectivity index (χ1n) is 6.18. The lowest BCUT2D eigenvalue weighted by molar-refractivity contribution is 0.553.